The number of anilines is 1. The molecule has 0 unspecified atom stereocenters. The van der Waals surface area contributed by atoms with E-state index in [2.05, 4.69) is 15.5 Å². The fourth-order valence-corrected chi connectivity index (χ4v) is 3.56. The second-order valence-corrected chi connectivity index (χ2v) is 7.43. The molecule has 1 amide bonds. The third-order valence-corrected chi connectivity index (χ3v) is 5.46. The Morgan fingerprint density at radius 3 is 2.68 bits per heavy atom. The standard InChI is InChI=1S/C22H16ClN3O2/c23-15-8-6-14(7-9-15)19-13-20(26-28-19)22(10-11-22)21(27)25-18-5-1-4-17-16(18)3-2-12-24-17/h1-9,12-13H,10-11H2,(H,25,27). The molecule has 6 heteroatoms. The third kappa shape index (κ3) is 2.84. The van der Waals surface area contributed by atoms with Gasteiger partial charge in [0.1, 0.15) is 0 Å². The van der Waals surface area contributed by atoms with Crippen molar-refractivity contribution < 1.29 is 9.32 Å². The number of aromatic nitrogens is 2. The summed E-state index contributed by atoms with van der Waals surface area (Å²) in [4.78, 5) is 17.4. The number of carbonyl (C=O) groups excluding carboxylic acids is 1. The van der Waals surface area contributed by atoms with Gasteiger partial charge in [0.15, 0.2) is 5.76 Å². The maximum Gasteiger partial charge on any atom is 0.236 e. The number of halogens is 1. The number of benzene rings is 2. The van der Waals surface area contributed by atoms with Crippen molar-refractivity contribution in [2.75, 3.05) is 5.32 Å². The maximum absolute atomic E-state index is 13.1. The van der Waals surface area contributed by atoms with Gasteiger partial charge in [-0.15, -0.1) is 0 Å². The van der Waals surface area contributed by atoms with Crippen LogP contribution in [0.25, 0.3) is 22.2 Å². The van der Waals surface area contributed by atoms with Crippen molar-refractivity contribution in [2.45, 2.75) is 18.3 Å². The van der Waals surface area contributed by atoms with Crippen molar-refractivity contribution in [3.05, 3.63) is 77.6 Å². The lowest BCUT2D eigenvalue weighted by Gasteiger charge is -2.14. The van der Waals surface area contributed by atoms with Gasteiger partial charge in [-0.3, -0.25) is 9.78 Å². The fourth-order valence-electron chi connectivity index (χ4n) is 3.43. The lowest BCUT2D eigenvalue weighted by atomic mass is 10.00. The average molecular weight is 390 g/mol. The number of rotatable bonds is 4. The van der Waals surface area contributed by atoms with Crippen LogP contribution in [0.3, 0.4) is 0 Å². The average Bonchev–Trinajstić information content (AvgIpc) is 3.39. The predicted octanol–water partition coefficient (Wildman–Crippen LogP) is 5.21. The van der Waals surface area contributed by atoms with Gasteiger partial charge < -0.3 is 9.84 Å². The van der Waals surface area contributed by atoms with Gasteiger partial charge >= 0.3 is 0 Å². The van der Waals surface area contributed by atoms with E-state index in [9.17, 15) is 4.79 Å². The highest BCUT2D eigenvalue weighted by Gasteiger charge is 2.54. The topological polar surface area (TPSA) is 68.0 Å². The first kappa shape index (κ1) is 17.0. The molecule has 0 spiro atoms. The Hall–Kier alpha value is -3.18. The molecule has 0 bridgehead atoms. The van der Waals surface area contributed by atoms with Gasteiger partial charge in [-0.05, 0) is 61.4 Å². The summed E-state index contributed by atoms with van der Waals surface area (Å²) in [5.41, 5.74) is 2.49. The molecular formula is C22H16ClN3O2. The zero-order valence-corrected chi connectivity index (χ0v) is 15.6. The molecule has 4 aromatic rings. The first-order valence-electron chi connectivity index (χ1n) is 9.04. The Balaban J connectivity index is 1.43. The number of nitrogens with one attached hydrogen (secondary N) is 1. The number of carbonyl (C=O) groups is 1. The molecular weight excluding hydrogens is 374 g/mol. The number of amides is 1. The van der Waals surface area contributed by atoms with Crippen LogP contribution in [0.4, 0.5) is 5.69 Å². The van der Waals surface area contributed by atoms with Gasteiger partial charge in [0.05, 0.1) is 22.3 Å². The molecule has 0 saturated heterocycles. The van der Waals surface area contributed by atoms with Crippen molar-refractivity contribution >= 4 is 34.1 Å². The SMILES string of the molecule is O=C(Nc1cccc2ncccc12)C1(c2cc(-c3ccc(Cl)cc3)on2)CC1. The Morgan fingerprint density at radius 1 is 1.07 bits per heavy atom. The highest BCUT2D eigenvalue weighted by atomic mass is 35.5. The summed E-state index contributed by atoms with van der Waals surface area (Å²) >= 11 is 5.94. The van der Waals surface area contributed by atoms with Gasteiger partial charge in [0.25, 0.3) is 0 Å². The summed E-state index contributed by atoms with van der Waals surface area (Å²) in [7, 11) is 0. The minimum Gasteiger partial charge on any atom is -0.356 e. The fraction of sp³-hybridized carbons (Fsp3) is 0.136. The molecule has 1 aliphatic rings. The first-order chi connectivity index (χ1) is 13.7. The van der Waals surface area contributed by atoms with E-state index in [1.807, 2.05) is 48.5 Å². The molecule has 0 radical (unpaired) electrons. The molecule has 0 aliphatic heterocycles. The second-order valence-electron chi connectivity index (χ2n) is 7.00. The summed E-state index contributed by atoms with van der Waals surface area (Å²) in [5.74, 6) is 0.555. The van der Waals surface area contributed by atoms with Crippen LogP contribution in [0, 0.1) is 0 Å². The van der Waals surface area contributed by atoms with Gasteiger partial charge in [-0.1, -0.05) is 22.8 Å². The highest BCUT2D eigenvalue weighted by Crippen LogP contribution is 2.49. The van der Waals surface area contributed by atoms with Crippen molar-refractivity contribution in [2.24, 2.45) is 0 Å². The van der Waals surface area contributed by atoms with E-state index in [-0.39, 0.29) is 5.91 Å². The molecule has 2 aromatic heterocycles. The molecule has 2 heterocycles. The van der Waals surface area contributed by atoms with Gasteiger partial charge in [0.2, 0.25) is 5.91 Å². The molecule has 1 aliphatic carbocycles. The first-order valence-corrected chi connectivity index (χ1v) is 9.42. The van der Waals surface area contributed by atoms with Crippen LogP contribution in [-0.4, -0.2) is 16.0 Å². The number of nitrogens with zero attached hydrogens (tertiary/aromatic N) is 2. The van der Waals surface area contributed by atoms with Crippen LogP contribution in [0.15, 0.2) is 71.4 Å². The second kappa shape index (κ2) is 6.46. The van der Waals surface area contributed by atoms with E-state index < -0.39 is 5.41 Å². The van der Waals surface area contributed by atoms with Crippen LogP contribution in [0.5, 0.6) is 0 Å². The quantitative estimate of drug-likeness (QED) is 0.520. The molecule has 28 heavy (non-hydrogen) atoms. The van der Waals surface area contributed by atoms with Gasteiger partial charge in [-0.25, -0.2) is 0 Å². The molecule has 5 nitrogen and oxygen atoms in total. The molecule has 5 rings (SSSR count). The molecule has 2 aromatic carbocycles. The number of hydrogen-bond donors (Lipinski definition) is 1. The van der Waals surface area contributed by atoms with E-state index in [0.717, 1.165) is 35.0 Å². The summed E-state index contributed by atoms with van der Waals surface area (Å²) in [6.07, 6.45) is 3.23. The van der Waals surface area contributed by atoms with E-state index in [1.54, 1.807) is 18.3 Å². The molecule has 1 saturated carbocycles. The Morgan fingerprint density at radius 2 is 1.89 bits per heavy atom. The highest BCUT2D eigenvalue weighted by molar-refractivity contribution is 6.30. The van der Waals surface area contributed by atoms with Crippen LogP contribution >= 0.6 is 11.6 Å². The lowest BCUT2D eigenvalue weighted by molar-refractivity contribution is -0.118. The zero-order valence-electron chi connectivity index (χ0n) is 14.9. The van der Waals surface area contributed by atoms with Crippen LogP contribution < -0.4 is 5.32 Å². The van der Waals surface area contributed by atoms with Crippen molar-refractivity contribution in [1.29, 1.82) is 0 Å². The monoisotopic (exact) mass is 389 g/mol. The number of fused-ring (bicyclic) bond motifs is 1. The zero-order chi connectivity index (χ0) is 19.1. The van der Waals surface area contributed by atoms with E-state index in [1.165, 1.54) is 0 Å². The van der Waals surface area contributed by atoms with Gasteiger partial charge in [0, 0.05) is 28.2 Å². The maximum atomic E-state index is 13.1. The number of hydrogen-bond acceptors (Lipinski definition) is 4. The van der Waals surface area contributed by atoms with E-state index >= 15 is 0 Å². The lowest BCUT2D eigenvalue weighted by Crippen LogP contribution is -2.28. The molecule has 1 N–H and O–H groups in total. The van der Waals surface area contributed by atoms with E-state index in [4.69, 9.17) is 16.1 Å². The summed E-state index contributed by atoms with van der Waals surface area (Å²) in [5, 5.41) is 8.83. The minimum absolute atomic E-state index is 0.0696. The summed E-state index contributed by atoms with van der Waals surface area (Å²) in [6.45, 7) is 0. The van der Waals surface area contributed by atoms with E-state index in [0.29, 0.717) is 16.5 Å². The minimum atomic E-state index is -0.640. The van der Waals surface area contributed by atoms with Gasteiger partial charge in [-0.2, -0.15) is 0 Å². The largest absolute Gasteiger partial charge is 0.356 e. The van der Waals surface area contributed by atoms with Crippen LogP contribution in [0.1, 0.15) is 18.5 Å². The molecule has 0 atom stereocenters. The summed E-state index contributed by atoms with van der Waals surface area (Å²) in [6, 6.07) is 18.7. The Bertz CT molecular complexity index is 1170. The van der Waals surface area contributed by atoms with Crippen molar-refractivity contribution in [1.82, 2.24) is 10.1 Å². The van der Waals surface area contributed by atoms with Crippen LogP contribution in [0.2, 0.25) is 5.02 Å². The molecule has 1 fully saturated rings. The van der Waals surface area contributed by atoms with Crippen molar-refractivity contribution in [3.63, 3.8) is 0 Å². The van der Waals surface area contributed by atoms with Crippen molar-refractivity contribution in [3.8, 4) is 11.3 Å². The Kier molecular flexibility index (Phi) is 3.91. The third-order valence-electron chi connectivity index (χ3n) is 5.21. The smallest absolute Gasteiger partial charge is 0.236 e. The molecule has 138 valence electrons. The Labute approximate surface area is 166 Å². The number of pyridine rings is 1. The normalized spacial score (nSPS) is 14.8. The summed E-state index contributed by atoms with van der Waals surface area (Å²) < 4.78 is 5.50. The predicted molar refractivity (Wildman–Crippen MR) is 108 cm³/mol. The van der Waals surface area contributed by atoms with Crippen LogP contribution in [-0.2, 0) is 10.2 Å².